The van der Waals surface area contributed by atoms with Crippen LogP contribution in [-0.2, 0) is 0 Å². The van der Waals surface area contributed by atoms with Crippen LogP contribution in [0.15, 0.2) is 47.5 Å². The van der Waals surface area contributed by atoms with Gasteiger partial charge >= 0.3 is 0 Å². The van der Waals surface area contributed by atoms with Crippen molar-refractivity contribution in [1.82, 2.24) is 5.32 Å². The van der Waals surface area contributed by atoms with Crippen LogP contribution in [0.5, 0.6) is 11.5 Å². The van der Waals surface area contributed by atoms with E-state index in [1.807, 2.05) is 37.3 Å². The number of methoxy groups -OCH3 is 1. The molecule has 160 valence electrons. The van der Waals surface area contributed by atoms with E-state index < -0.39 is 0 Å². The van der Waals surface area contributed by atoms with E-state index in [1.165, 1.54) is 37.7 Å². The van der Waals surface area contributed by atoms with E-state index >= 15 is 0 Å². The molecule has 2 aliphatic rings. The molecule has 1 fully saturated rings. The van der Waals surface area contributed by atoms with Crippen molar-refractivity contribution >= 4 is 17.4 Å². The number of amidine groups is 1. The largest absolute Gasteiger partial charge is 0.497 e. The topological polar surface area (TPSA) is 42.9 Å². The average Bonchev–Trinajstić information content (AvgIpc) is 3.18. The van der Waals surface area contributed by atoms with Crippen LogP contribution in [0.25, 0.3) is 0 Å². The number of benzene rings is 2. The lowest BCUT2D eigenvalue weighted by Gasteiger charge is -2.27. The highest BCUT2D eigenvalue weighted by Gasteiger charge is 2.33. The van der Waals surface area contributed by atoms with Gasteiger partial charge in [-0.05, 0) is 49.1 Å². The average molecular weight is 427 g/mol. The number of rotatable bonds is 7. The molecule has 0 unspecified atom stereocenters. The minimum Gasteiger partial charge on any atom is -0.497 e. The van der Waals surface area contributed by atoms with E-state index in [0.717, 1.165) is 40.3 Å². The van der Waals surface area contributed by atoms with Crippen molar-refractivity contribution in [2.24, 2.45) is 10.9 Å². The molecule has 1 N–H and O–H groups in total. The molecular formula is C25H31ClN2O2. The fourth-order valence-corrected chi connectivity index (χ4v) is 4.83. The Balaban J connectivity index is 1.64. The highest BCUT2D eigenvalue weighted by atomic mass is 35.5. The maximum absolute atomic E-state index is 6.14. The molecule has 2 aromatic rings. The van der Waals surface area contributed by atoms with Gasteiger partial charge in [-0.15, -0.1) is 0 Å². The lowest BCUT2D eigenvalue weighted by Crippen LogP contribution is -2.34. The first kappa shape index (κ1) is 21.0. The van der Waals surface area contributed by atoms with Crippen LogP contribution in [-0.4, -0.2) is 25.6 Å². The molecule has 1 saturated carbocycles. The summed E-state index contributed by atoms with van der Waals surface area (Å²) in [6.07, 6.45) is 7.87. The predicted molar refractivity (Wildman–Crippen MR) is 123 cm³/mol. The van der Waals surface area contributed by atoms with Gasteiger partial charge in [0.25, 0.3) is 0 Å². The number of nitrogens with one attached hydrogen (secondary N) is 1. The summed E-state index contributed by atoms with van der Waals surface area (Å²) in [5.41, 5.74) is 2.19. The molecule has 0 radical (unpaired) electrons. The number of nitrogens with zero attached hydrogens (tertiary/aromatic N) is 1. The van der Waals surface area contributed by atoms with Crippen molar-refractivity contribution in [3.63, 3.8) is 0 Å². The Morgan fingerprint density at radius 3 is 2.53 bits per heavy atom. The maximum Gasteiger partial charge on any atom is 0.133 e. The highest BCUT2D eigenvalue weighted by Crippen LogP contribution is 2.37. The summed E-state index contributed by atoms with van der Waals surface area (Å²) in [7, 11) is 1.67. The smallest absolute Gasteiger partial charge is 0.133 e. The molecule has 2 aromatic carbocycles. The van der Waals surface area contributed by atoms with E-state index in [4.69, 9.17) is 26.1 Å². The summed E-state index contributed by atoms with van der Waals surface area (Å²) in [6.45, 7) is 2.59. The summed E-state index contributed by atoms with van der Waals surface area (Å²) >= 11 is 6.14. The first-order valence-corrected chi connectivity index (χ1v) is 11.5. The van der Waals surface area contributed by atoms with E-state index in [-0.39, 0.29) is 12.1 Å². The monoisotopic (exact) mass is 426 g/mol. The van der Waals surface area contributed by atoms with Crippen LogP contribution in [0.2, 0.25) is 5.02 Å². The fraction of sp³-hybridized carbons (Fsp3) is 0.480. The molecular weight excluding hydrogens is 396 g/mol. The molecule has 4 nitrogen and oxygen atoms in total. The SMILES string of the molecule is CCOc1cc(OC)ccc1C1=N[C@@H](c2ccc(Cl)cc2)[C@@H](CC2CCCCC2)N1. The van der Waals surface area contributed by atoms with Gasteiger partial charge in [0, 0.05) is 11.1 Å². The van der Waals surface area contributed by atoms with Gasteiger partial charge < -0.3 is 14.8 Å². The van der Waals surface area contributed by atoms with Gasteiger partial charge in [0.15, 0.2) is 0 Å². The van der Waals surface area contributed by atoms with Gasteiger partial charge in [0.1, 0.15) is 17.3 Å². The molecule has 4 rings (SSSR count). The van der Waals surface area contributed by atoms with Crippen LogP contribution >= 0.6 is 11.6 Å². The zero-order chi connectivity index (χ0) is 20.9. The highest BCUT2D eigenvalue weighted by molar-refractivity contribution is 6.30. The zero-order valence-corrected chi connectivity index (χ0v) is 18.6. The molecule has 2 atom stereocenters. The van der Waals surface area contributed by atoms with Crippen molar-refractivity contribution in [2.45, 2.75) is 57.5 Å². The maximum atomic E-state index is 6.14. The normalized spacial score (nSPS) is 21.8. The Hall–Kier alpha value is -2.20. The van der Waals surface area contributed by atoms with Crippen molar-refractivity contribution in [1.29, 1.82) is 0 Å². The Bertz CT molecular complexity index is 875. The molecule has 5 heteroatoms. The van der Waals surface area contributed by atoms with E-state index in [2.05, 4.69) is 17.4 Å². The van der Waals surface area contributed by atoms with E-state index in [1.54, 1.807) is 7.11 Å². The first-order valence-electron chi connectivity index (χ1n) is 11.1. The standard InChI is InChI=1S/C25H31ClN2O2/c1-3-30-23-16-20(29-2)13-14-21(23)25-27-22(15-17-7-5-4-6-8-17)24(28-25)18-9-11-19(26)12-10-18/h9-14,16-17,22,24H,3-8,15H2,1-2H3,(H,27,28)/t22-,24+/m1/s1. The number of halogens is 1. The van der Waals surface area contributed by atoms with Gasteiger partial charge in [0.05, 0.1) is 31.4 Å². The second kappa shape index (κ2) is 9.74. The third-order valence-electron chi connectivity index (χ3n) is 6.24. The predicted octanol–water partition coefficient (Wildman–Crippen LogP) is 6.18. The second-order valence-electron chi connectivity index (χ2n) is 8.26. The molecule has 0 bridgehead atoms. The zero-order valence-electron chi connectivity index (χ0n) is 17.9. The Morgan fingerprint density at radius 1 is 1.07 bits per heavy atom. The Morgan fingerprint density at radius 2 is 1.83 bits per heavy atom. The summed E-state index contributed by atoms with van der Waals surface area (Å²) in [6, 6.07) is 14.4. The van der Waals surface area contributed by atoms with Crippen LogP contribution in [0.1, 0.15) is 62.6 Å². The molecule has 0 saturated heterocycles. The minimum atomic E-state index is 0.0794. The van der Waals surface area contributed by atoms with Gasteiger partial charge in [0.2, 0.25) is 0 Å². The Kier molecular flexibility index (Phi) is 6.83. The number of hydrogen-bond acceptors (Lipinski definition) is 4. The van der Waals surface area contributed by atoms with Gasteiger partial charge in [-0.25, -0.2) is 0 Å². The van der Waals surface area contributed by atoms with Gasteiger partial charge in [-0.3, -0.25) is 4.99 Å². The van der Waals surface area contributed by atoms with Crippen LogP contribution in [0, 0.1) is 5.92 Å². The van der Waals surface area contributed by atoms with Crippen LogP contribution in [0.3, 0.4) is 0 Å². The van der Waals surface area contributed by atoms with Crippen molar-refractivity contribution in [3.8, 4) is 11.5 Å². The fourth-order valence-electron chi connectivity index (χ4n) is 4.70. The molecule has 1 aliphatic carbocycles. The quantitative estimate of drug-likeness (QED) is 0.575. The number of aliphatic imine (C=N–C) groups is 1. The van der Waals surface area contributed by atoms with E-state index in [9.17, 15) is 0 Å². The third-order valence-corrected chi connectivity index (χ3v) is 6.49. The van der Waals surface area contributed by atoms with Crippen LogP contribution in [0.4, 0.5) is 0 Å². The lowest BCUT2D eigenvalue weighted by atomic mass is 9.82. The summed E-state index contributed by atoms with van der Waals surface area (Å²) in [5.74, 6) is 3.26. The van der Waals surface area contributed by atoms with Crippen molar-refractivity contribution < 1.29 is 9.47 Å². The van der Waals surface area contributed by atoms with Gasteiger partial charge in [-0.2, -0.15) is 0 Å². The molecule has 30 heavy (non-hydrogen) atoms. The number of hydrogen-bond donors (Lipinski definition) is 1. The summed E-state index contributed by atoms with van der Waals surface area (Å²) < 4.78 is 11.3. The Labute approximate surface area is 184 Å². The van der Waals surface area contributed by atoms with E-state index in [0.29, 0.717) is 6.61 Å². The second-order valence-corrected chi connectivity index (χ2v) is 8.70. The van der Waals surface area contributed by atoms with Gasteiger partial charge in [-0.1, -0.05) is 55.8 Å². The van der Waals surface area contributed by atoms with Crippen molar-refractivity contribution in [2.75, 3.05) is 13.7 Å². The first-order chi connectivity index (χ1) is 14.7. The molecule has 0 aromatic heterocycles. The van der Waals surface area contributed by atoms with Crippen LogP contribution < -0.4 is 14.8 Å². The molecule has 0 spiro atoms. The number of ether oxygens (including phenoxy) is 2. The summed E-state index contributed by atoms with van der Waals surface area (Å²) in [5, 5.41) is 4.51. The minimum absolute atomic E-state index is 0.0794. The molecule has 1 heterocycles. The third kappa shape index (κ3) is 4.75. The molecule has 0 amide bonds. The molecule has 1 aliphatic heterocycles. The van der Waals surface area contributed by atoms with Crippen molar-refractivity contribution in [3.05, 3.63) is 58.6 Å². The summed E-state index contributed by atoms with van der Waals surface area (Å²) in [4.78, 5) is 5.15. The lowest BCUT2D eigenvalue weighted by molar-refractivity contribution is 0.300.